The van der Waals surface area contributed by atoms with Crippen LogP contribution in [0.15, 0.2) is 22.7 Å². The molecule has 0 atom stereocenters. The molecule has 3 aromatic rings. The Labute approximate surface area is 173 Å². The fraction of sp³-hybridized carbons (Fsp3) is 0.500. The summed E-state index contributed by atoms with van der Waals surface area (Å²) in [5.74, 6) is 3.84. The summed E-state index contributed by atoms with van der Waals surface area (Å²) in [5, 5.41) is 14.0. The highest BCUT2D eigenvalue weighted by molar-refractivity contribution is 6.30. The topological polar surface area (TPSA) is 76.1 Å². The molecule has 2 aromatic heterocycles. The summed E-state index contributed by atoms with van der Waals surface area (Å²) < 4.78 is 7.38. The van der Waals surface area contributed by atoms with E-state index in [4.69, 9.17) is 16.1 Å². The number of aromatic nitrogens is 5. The minimum absolute atomic E-state index is 0.343. The Bertz CT molecular complexity index is 1090. The van der Waals surface area contributed by atoms with Gasteiger partial charge in [0.15, 0.2) is 5.82 Å². The number of hydrogen-bond donors (Lipinski definition) is 0. The lowest BCUT2D eigenvalue weighted by molar-refractivity contribution is 0.0571. The predicted octanol–water partition coefficient (Wildman–Crippen LogP) is 2.94. The molecule has 29 heavy (non-hydrogen) atoms. The average Bonchev–Trinajstić information content (AvgIpc) is 3.16. The second-order valence-corrected chi connectivity index (χ2v) is 9.27. The van der Waals surface area contributed by atoms with E-state index >= 15 is 0 Å². The van der Waals surface area contributed by atoms with Crippen LogP contribution in [0.25, 0.3) is 5.69 Å². The van der Waals surface area contributed by atoms with Gasteiger partial charge in [-0.3, -0.25) is 9.47 Å². The first-order chi connectivity index (χ1) is 14.0. The molecule has 0 N–H and O–H groups in total. The molecule has 4 heterocycles. The largest absolute Gasteiger partial charge is 0.338 e. The normalized spacial score (nSPS) is 20.7. The summed E-state index contributed by atoms with van der Waals surface area (Å²) in [5.41, 5.74) is 2.72. The van der Waals surface area contributed by atoms with E-state index in [0.29, 0.717) is 23.2 Å². The van der Waals surface area contributed by atoms with E-state index in [1.165, 1.54) is 5.56 Å². The monoisotopic (exact) mass is 411 g/mol. The van der Waals surface area contributed by atoms with Crippen molar-refractivity contribution in [3.63, 3.8) is 0 Å². The zero-order valence-corrected chi connectivity index (χ0v) is 17.2. The van der Waals surface area contributed by atoms with Gasteiger partial charge in [0.05, 0.1) is 12.2 Å². The van der Waals surface area contributed by atoms with Gasteiger partial charge in [0.1, 0.15) is 5.82 Å². The molecule has 150 valence electrons. The van der Waals surface area contributed by atoms with Crippen molar-refractivity contribution in [1.82, 2.24) is 29.8 Å². The summed E-state index contributed by atoms with van der Waals surface area (Å²) in [7, 11) is 2.11. The van der Waals surface area contributed by atoms with E-state index in [2.05, 4.69) is 53.9 Å². The van der Waals surface area contributed by atoms with Gasteiger partial charge in [-0.1, -0.05) is 11.6 Å². The lowest BCUT2D eigenvalue weighted by Crippen LogP contribution is -2.62. The summed E-state index contributed by atoms with van der Waals surface area (Å²) in [4.78, 5) is 8.79. The number of anilines is 1. The smallest absolute Gasteiger partial charge is 0.266 e. The minimum atomic E-state index is 0.343. The quantitative estimate of drug-likeness (QED) is 0.641. The number of nitrogens with zero attached hydrogens (tertiary/aromatic N) is 7. The third kappa shape index (κ3) is 2.69. The maximum absolute atomic E-state index is 6.27. The van der Waals surface area contributed by atoms with Crippen molar-refractivity contribution in [2.24, 2.45) is 5.41 Å². The fourth-order valence-electron chi connectivity index (χ4n) is 5.19. The molecule has 0 bridgehead atoms. The zero-order valence-electron chi connectivity index (χ0n) is 16.5. The second kappa shape index (κ2) is 6.03. The van der Waals surface area contributed by atoms with Crippen LogP contribution in [0, 0.1) is 12.3 Å². The molecule has 2 fully saturated rings. The molecule has 1 saturated heterocycles. The lowest BCUT2D eigenvalue weighted by atomic mass is 9.57. The molecule has 9 heteroatoms. The molecule has 8 nitrogen and oxygen atoms in total. The molecule has 0 unspecified atom stereocenters. The molecule has 1 aromatic carbocycles. The Balaban J connectivity index is 1.25. The van der Waals surface area contributed by atoms with E-state index in [9.17, 15) is 0 Å². The third-order valence-electron chi connectivity index (χ3n) is 6.47. The number of halogens is 1. The first kappa shape index (κ1) is 17.4. The minimum Gasteiger partial charge on any atom is -0.338 e. The van der Waals surface area contributed by atoms with Gasteiger partial charge in [0.2, 0.25) is 5.89 Å². The van der Waals surface area contributed by atoms with Gasteiger partial charge < -0.3 is 9.42 Å². The van der Waals surface area contributed by atoms with E-state index < -0.39 is 0 Å². The SMILES string of the molecule is Cc1nc(N2CC3(CC(c4nnc5n4-c4ccc(Cl)cc4CN(C)C5)C3)C2)no1. The van der Waals surface area contributed by atoms with Gasteiger partial charge in [0.25, 0.3) is 5.95 Å². The van der Waals surface area contributed by atoms with Crippen LogP contribution in [0.5, 0.6) is 0 Å². The van der Waals surface area contributed by atoms with Crippen LogP contribution < -0.4 is 4.90 Å². The highest BCUT2D eigenvalue weighted by Gasteiger charge is 2.55. The highest BCUT2D eigenvalue weighted by atomic mass is 35.5. The van der Waals surface area contributed by atoms with E-state index in [1.54, 1.807) is 0 Å². The number of rotatable bonds is 2. The van der Waals surface area contributed by atoms with Gasteiger partial charge in [0, 0.05) is 42.9 Å². The Morgan fingerprint density at radius 1 is 1.17 bits per heavy atom. The first-order valence-corrected chi connectivity index (χ1v) is 10.3. The fourth-order valence-corrected chi connectivity index (χ4v) is 5.39. The third-order valence-corrected chi connectivity index (χ3v) is 6.70. The first-order valence-electron chi connectivity index (χ1n) is 9.96. The van der Waals surface area contributed by atoms with Crippen LogP contribution in [-0.2, 0) is 13.1 Å². The molecule has 0 radical (unpaired) electrons. The lowest BCUT2D eigenvalue weighted by Gasteiger charge is -2.58. The van der Waals surface area contributed by atoms with Crippen molar-refractivity contribution >= 4 is 17.5 Å². The van der Waals surface area contributed by atoms with Crippen LogP contribution in [0.4, 0.5) is 5.95 Å². The number of aryl methyl sites for hydroxylation is 1. The number of fused-ring (bicyclic) bond motifs is 3. The van der Waals surface area contributed by atoms with E-state index in [1.807, 2.05) is 13.0 Å². The summed E-state index contributed by atoms with van der Waals surface area (Å²) in [6, 6.07) is 6.12. The molecule has 0 amide bonds. The van der Waals surface area contributed by atoms with E-state index in [0.717, 1.165) is 61.4 Å². The molecular weight excluding hydrogens is 390 g/mol. The number of benzene rings is 1. The van der Waals surface area contributed by atoms with Crippen molar-refractivity contribution in [2.45, 2.75) is 38.8 Å². The van der Waals surface area contributed by atoms with Crippen LogP contribution in [0.1, 0.15) is 41.9 Å². The van der Waals surface area contributed by atoms with Crippen molar-refractivity contribution in [2.75, 3.05) is 25.0 Å². The molecule has 3 aliphatic rings. The Kier molecular flexibility index (Phi) is 3.62. The molecular formula is C20H22ClN7O. The Morgan fingerprint density at radius 3 is 2.76 bits per heavy atom. The summed E-state index contributed by atoms with van der Waals surface area (Å²) in [6.07, 6.45) is 2.24. The standard InChI is InChI=1S/C20H22ClN7O/c1-12-22-19(25-29-12)27-10-20(11-27)6-14(7-20)18-24-23-17-9-26(2)8-13-5-15(21)3-4-16(13)28(17)18/h3-5,14H,6-11H2,1-2H3. The van der Waals surface area contributed by atoms with Crippen molar-refractivity contribution in [3.05, 3.63) is 46.3 Å². The molecule has 2 aliphatic heterocycles. The summed E-state index contributed by atoms with van der Waals surface area (Å²) in [6.45, 7) is 5.43. The van der Waals surface area contributed by atoms with Gasteiger partial charge in [-0.25, -0.2) is 0 Å². The maximum atomic E-state index is 6.27. The van der Waals surface area contributed by atoms with Crippen LogP contribution in [0.2, 0.25) is 5.02 Å². The van der Waals surface area contributed by atoms with Crippen LogP contribution in [0.3, 0.4) is 0 Å². The van der Waals surface area contributed by atoms with Gasteiger partial charge in [-0.2, -0.15) is 4.98 Å². The van der Waals surface area contributed by atoms with E-state index in [-0.39, 0.29) is 0 Å². The molecule has 1 spiro atoms. The van der Waals surface area contributed by atoms with Crippen LogP contribution in [-0.4, -0.2) is 49.9 Å². The van der Waals surface area contributed by atoms with Crippen molar-refractivity contribution < 1.29 is 4.52 Å². The van der Waals surface area contributed by atoms with Crippen molar-refractivity contribution in [1.29, 1.82) is 0 Å². The van der Waals surface area contributed by atoms with Crippen molar-refractivity contribution in [3.8, 4) is 5.69 Å². The summed E-state index contributed by atoms with van der Waals surface area (Å²) >= 11 is 6.27. The second-order valence-electron chi connectivity index (χ2n) is 8.83. The maximum Gasteiger partial charge on any atom is 0.266 e. The molecule has 1 saturated carbocycles. The molecule has 6 rings (SSSR count). The predicted molar refractivity (Wildman–Crippen MR) is 107 cm³/mol. The van der Waals surface area contributed by atoms with Gasteiger partial charge in [-0.15, -0.1) is 10.2 Å². The number of hydrogen-bond acceptors (Lipinski definition) is 7. The van der Waals surface area contributed by atoms with Gasteiger partial charge >= 0.3 is 0 Å². The van der Waals surface area contributed by atoms with Gasteiger partial charge in [-0.05, 0) is 48.8 Å². The van der Waals surface area contributed by atoms with Crippen LogP contribution >= 0.6 is 11.6 Å². The zero-order chi connectivity index (χ0) is 19.8. The Morgan fingerprint density at radius 2 is 2.00 bits per heavy atom. The Hall–Kier alpha value is -2.45. The average molecular weight is 412 g/mol. The highest BCUT2D eigenvalue weighted by Crippen LogP contribution is 2.56. The molecule has 1 aliphatic carbocycles.